The van der Waals surface area contributed by atoms with Crippen LogP contribution >= 0.6 is 0 Å². The van der Waals surface area contributed by atoms with Crippen LogP contribution in [0, 0.1) is 0 Å². The van der Waals surface area contributed by atoms with Crippen LogP contribution in [0.1, 0.15) is 0 Å². The lowest BCUT2D eigenvalue weighted by molar-refractivity contribution is -0.176. The Morgan fingerprint density at radius 3 is 2.27 bits per heavy atom. The lowest BCUT2D eigenvalue weighted by Gasteiger charge is -2.13. The summed E-state index contributed by atoms with van der Waals surface area (Å²) < 4.78 is 51.0. The second-order valence-corrected chi connectivity index (χ2v) is 2.34. The predicted molar refractivity (Wildman–Crippen MR) is 38.7 cm³/mol. The Labute approximate surface area is 81.1 Å². The van der Waals surface area contributed by atoms with Gasteiger partial charge in [-0.2, -0.15) is 8.78 Å². The van der Waals surface area contributed by atoms with E-state index in [9.17, 15) is 27.2 Å². The Kier molecular flexibility index (Phi) is 4.75. The normalized spacial score (nSPS) is 12.1. The van der Waals surface area contributed by atoms with E-state index in [2.05, 4.69) is 4.74 Å². The fourth-order valence-electron chi connectivity index (χ4n) is 0.418. The maximum atomic E-state index is 12.1. The van der Waals surface area contributed by atoms with Crippen molar-refractivity contribution < 1.29 is 37.0 Å². The van der Waals surface area contributed by atoms with E-state index in [-0.39, 0.29) is 0 Å². The van der Waals surface area contributed by atoms with Crippen LogP contribution in [0.5, 0.6) is 0 Å². The first-order valence-corrected chi connectivity index (χ1v) is 3.49. The minimum atomic E-state index is -4.44. The van der Waals surface area contributed by atoms with Gasteiger partial charge in [0.15, 0.2) is 6.61 Å². The quantitative estimate of drug-likeness (QED) is 0.436. The molecule has 0 aromatic carbocycles. The first-order valence-electron chi connectivity index (χ1n) is 3.49. The summed E-state index contributed by atoms with van der Waals surface area (Å²) in [5, 5.41) is 8.02. The molecular formula is C7H6F4O4. The fourth-order valence-corrected chi connectivity index (χ4v) is 0.418. The van der Waals surface area contributed by atoms with E-state index in [0.29, 0.717) is 12.2 Å². The number of hydrogen-bond donors (Lipinski definition) is 1. The SMILES string of the molecule is O=C(O)C=CC(=O)OCC(F)(F)C(F)F. The van der Waals surface area contributed by atoms with Crippen molar-refractivity contribution in [3.05, 3.63) is 12.2 Å². The van der Waals surface area contributed by atoms with Crippen LogP contribution in [0.25, 0.3) is 0 Å². The van der Waals surface area contributed by atoms with Crippen LogP contribution in [0.2, 0.25) is 0 Å². The number of ether oxygens (including phenoxy) is 1. The summed E-state index contributed by atoms with van der Waals surface area (Å²) in [6, 6.07) is 0. The molecule has 0 aromatic heterocycles. The van der Waals surface area contributed by atoms with Crippen molar-refractivity contribution in [1.29, 1.82) is 0 Å². The summed E-state index contributed by atoms with van der Waals surface area (Å²) >= 11 is 0. The highest BCUT2D eigenvalue weighted by Crippen LogP contribution is 2.22. The third-order valence-electron chi connectivity index (χ3n) is 1.09. The van der Waals surface area contributed by atoms with Crippen LogP contribution in [0.3, 0.4) is 0 Å². The zero-order valence-corrected chi connectivity index (χ0v) is 7.12. The number of halogens is 4. The number of aliphatic carboxylic acids is 1. The maximum absolute atomic E-state index is 12.1. The molecule has 0 fully saturated rings. The van der Waals surface area contributed by atoms with Gasteiger partial charge >= 0.3 is 24.3 Å². The molecule has 0 saturated carbocycles. The van der Waals surface area contributed by atoms with E-state index in [1.165, 1.54) is 0 Å². The van der Waals surface area contributed by atoms with Crippen molar-refractivity contribution in [3.63, 3.8) is 0 Å². The second-order valence-electron chi connectivity index (χ2n) is 2.34. The Bertz CT molecular complexity index is 274. The molecule has 1 N–H and O–H groups in total. The monoisotopic (exact) mass is 230 g/mol. The zero-order chi connectivity index (χ0) is 12.1. The molecule has 4 nitrogen and oxygen atoms in total. The molecule has 0 saturated heterocycles. The summed E-state index contributed by atoms with van der Waals surface area (Å²) in [7, 11) is 0. The first-order chi connectivity index (χ1) is 6.75. The number of rotatable bonds is 5. The van der Waals surface area contributed by atoms with Crippen molar-refractivity contribution in [2.24, 2.45) is 0 Å². The molecule has 8 heteroatoms. The highest BCUT2D eigenvalue weighted by molar-refractivity contribution is 5.90. The van der Waals surface area contributed by atoms with Crippen LogP contribution < -0.4 is 0 Å². The number of carbonyl (C=O) groups is 2. The molecule has 0 spiro atoms. The molecule has 0 aromatic rings. The van der Waals surface area contributed by atoms with Crippen LogP contribution in [0.15, 0.2) is 12.2 Å². The summed E-state index contributed by atoms with van der Waals surface area (Å²) in [5.41, 5.74) is 0. The third kappa shape index (κ3) is 5.66. The van der Waals surface area contributed by atoms with Crippen LogP contribution in [0.4, 0.5) is 17.6 Å². The Morgan fingerprint density at radius 1 is 1.33 bits per heavy atom. The Hall–Kier alpha value is -1.60. The molecule has 0 bridgehead atoms. The van der Waals surface area contributed by atoms with Crippen LogP contribution in [-0.4, -0.2) is 36.0 Å². The van der Waals surface area contributed by atoms with Gasteiger partial charge < -0.3 is 9.84 Å². The number of hydrogen-bond acceptors (Lipinski definition) is 3. The molecule has 0 unspecified atom stereocenters. The third-order valence-corrected chi connectivity index (χ3v) is 1.09. The van der Waals surface area contributed by atoms with Gasteiger partial charge in [0.1, 0.15) is 0 Å². The molecule has 86 valence electrons. The summed E-state index contributed by atoms with van der Waals surface area (Å²) in [6.45, 7) is -1.80. The van der Waals surface area contributed by atoms with E-state index in [0.717, 1.165) is 0 Å². The average Bonchev–Trinajstić information content (AvgIpc) is 2.11. The number of carboxylic acid groups (broad SMARTS) is 1. The van der Waals surface area contributed by atoms with Gasteiger partial charge in [-0.25, -0.2) is 18.4 Å². The zero-order valence-electron chi connectivity index (χ0n) is 7.12. The Morgan fingerprint density at radius 2 is 1.87 bits per heavy atom. The van der Waals surface area contributed by atoms with Gasteiger partial charge in [0, 0.05) is 12.2 Å². The molecule has 0 aliphatic heterocycles. The smallest absolute Gasteiger partial charge is 0.340 e. The van der Waals surface area contributed by atoms with E-state index in [1.807, 2.05) is 0 Å². The molecule has 0 rings (SSSR count). The van der Waals surface area contributed by atoms with Crippen molar-refractivity contribution in [2.45, 2.75) is 12.3 Å². The van der Waals surface area contributed by atoms with Gasteiger partial charge in [0.25, 0.3) is 0 Å². The Balaban J connectivity index is 4.06. The minimum absolute atomic E-state index is 0.336. The van der Waals surface area contributed by atoms with E-state index in [4.69, 9.17) is 5.11 Å². The van der Waals surface area contributed by atoms with Gasteiger partial charge in [-0.1, -0.05) is 0 Å². The molecule has 0 atom stereocenters. The van der Waals surface area contributed by atoms with Gasteiger partial charge in [-0.3, -0.25) is 0 Å². The number of esters is 1. The molecule has 0 aliphatic carbocycles. The van der Waals surface area contributed by atoms with Gasteiger partial charge in [-0.05, 0) is 0 Å². The molecule has 15 heavy (non-hydrogen) atoms. The van der Waals surface area contributed by atoms with Crippen molar-refractivity contribution >= 4 is 11.9 Å². The topological polar surface area (TPSA) is 63.6 Å². The summed E-state index contributed by atoms with van der Waals surface area (Å²) in [6.07, 6.45) is -3.28. The van der Waals surface area contributed by atoms with E-state index in [1.54, 1.807) is 0 Å². The van der Waals surface area contributed by atoms with Gasteiger partial charge in [0.2, 0.25) is 0 Å². The lowest BCUT2D eigenvalue weighted by Crippen LogP contribution is -2.33. The van der Waals surface area contributed by atoms with Gasteiger partial charge in [0.05, 0.1) is 0 Å². The maximum Gasteiger partial charge on any atom is 0.340 e. The van der Waals surface area contributed by atoms with Crippen molar-refractivity contribution in [1.82, 2.24) is 0 Å². The number of alkyl halides is 4. The van der Waals surface area contributed by atoms with E-state index >= 15 is 0 Å². The van der Waals surface area contributed by atoms with Crippen LogP contribution in [-0.2, 0) is 14.3 Å². The fraction of sp³-hybridized carbons (Fsp3) is 0.429. The molecule has 0 heterocycles. The van der Waals surface area contributed by atoms with Gasteiger partial charge in [-0.15, -0.1) is 0 Å². The standard InChI is InChI=1S/C7H6F4O4/c8-6(9)7(10,11)3-15-5(14)2-1-4(12)13/h1-2,6H,3H2,(H,12,13). The summed E-state index contributed by atoms with van der Waals surface area (Å²) in [4.78, 5) is 20.3. The molecule has 0 aliphatic rings. The highest BCUT2D eigenvalue weighted by Gasteiger charge is 2.42. The lowest BCUT2D eigenvalue weighted by atomic mass is 10.4. The predicted octanol–water partition coefficient (Wildman–Crippen LogP) is 1.07. The minimum Gasteiger partial charge on any atom is -0.478 e. The first kappa shape index (κ1) is 13.4. The molecule has 0 amide bonds. The van der Waals surface area contributed by atoms with Crippen molar-refractivity contribution in [2.75, 3.05) is 6.61 Å². The molecule has 0 radical (unpaired) electrons. The average molecular weight is 230 g/mol. The largest absolute Gasteiger partial charge is 0.478 e. The molecular weight excluding hydrogens is 224 g/mol. The highest BCUT2D eigenvalue weighted by atomic mass is 19.3. The second kappa shape index (κ2) is 5.32. The number of carbonyl (C=O) groups excluding carboxylic acids is 1. The van der Waals surface area contributed by atoms with Crippen molar-refractivity contribution in [3.8, 4) is 0 Å². The van der Waals surface area contributed by atoms with E-state index < -0.39 is 30.9 Å². The summed E-state index contributed by atoms with van der Waals surface area (Å²) in [5.74, 6) is -7.36. The number of carboxylic acids is 1.